The van der Waals surface area contributed by atoms with Gasteiger partial charge in [-0.2, -0.15) is 0 Å². The summed E-state index contributed by atoms with van der Waals surface area (Å²) in [5.41, 5.74) is 0.507. The summed E-state index contributed by atoms with van der Waals surface area (Å²) in [6.45, 7) is 2.08. The van der Waals surface area contributed by atoms with Gasteiger partial charge < -0.3 is 14.9 Å². The fourth-order valence-corrected chi connectivity index (χ4v) is 2.15. The Balaban J connectivity index is 2.34. The van der Waals surface area contributed by atoms with Crippen LogP contribution < -0.4 is 4.74 Å². The van der Waals surface area contributed by atoms with Crippen molar-refractivity contribution in [2.75, 3.05) is 0 Å². The molecule has 0 atom stereocenters. The first-order valence-electron chi connectivity index (χ1n) is 6.89. The summed E-state index contributed by atoms with van der Waals surface area (Å²) in [5, 5.41) is 18.3. The summed E-state index contributed by atoms with van der Waals surface area (Å²) >= 11 is 0. The molecule has 0 spiro atoms. The third-order valence-electron chi connectivity index (χ3n) is 3.16. The van der Waals surface area contributed by atoms with E-state index in [2.05, 4.69) is 6.92 Å². The molecule has 5 nitrogen and oxygen atoms in total. The van der Waals surface area contributed by atoms with Gasteiger partial charge >= 0.3 is 11.9 Å². The van der Waals surface area contributed by atoms with Gasteiger partial charge in [0, 0.05) is 0 Å². The van der Waals surface area contributed by atoms with Gasteiger partial charge in [-0.1, -0.05) is 31.5 Å². The Bertz CT molecular complexity index is 689. The maximum Gasteiger partial charge on any atom is 0.340 e. The number of carboxylic acid groups (broad SMARTS) is 2. The highest BCUT2D eigenvalue weighted by Crippen LogP contribution is 2.28. The van der Waals surface area contributed by atoms with Gasteiger partial charge in [-0.15, -0.1) is 0 Å². The van der Waals surface area contributed by atoms with Gasteiger partial charge in [-0.05, 0) is 36.2 Å². The lowest BCUT2D eigenvalue weighted by molar-refractivity contribution is 0.0649. The number of carbonyl (C=O) groups is 2. The molecule has 22 heavy (non-hydrogen) atoms. The van der Waals surface area contributed by atoms with Crippen LogP contribution in [-0.4, -0.2) is 22.2 Å². The molecular formula is C17H16O5. The van der Waals surface area contributed by atoms with Gasteiger partial charge in [-0.3, -0.25) is 0 Å². The van der Waals surface area contributed by atoms with E-state index in [0.717, 1.165) is 18.4 Å². The Kier molecular flexibility index (Phi) is 4.78. The second kappa shape index (κ2) is 6.76. The minimum Gasteiger partial charge on any atom is -0.478 e. The second-order valence-electron chi connectivity index (χ2n) is 4.79. The first-order valence-corrected chi connectivity index (χ1v) is 6.89. The van der Waals surface area contributed by atoms with Crippen molar-refractivity contribution in [2.24, 2.45) is 0 Å². The zero-order valence-electron chi connectivity index (χ0n) is 12.1. The molecule has 0 aliphatic heterocycles. The number of ether oxygens (including phenoxy) is 1. The van der Waals surface area contributed by atoms with Crippen LogP contribution in [0.3, 0.4) is 0 Å². The van der Waals surface area contributed by atoms with Crippen molar-refractivity contribution in [2.45, 2.75) is 19.8 Å². The number of aromatic carboxylic acids is 2. The number of carboxylic acids is 2. The molecular weight excluding hydrogens is 284 g/mol. The molecule has 0 aromatic heterocycles. The van der Waals surface area contributed by atoms with E-state index >= 15 is 0 Å². The maximum absolute atomic E-state index is 11.3. The highest BCUT2D eigenvalue weighted by molar-refractivity contribution is 6.03. The maximum atomic E-state index is 11.3. The molecule has 0 saturated heterocycles. The molecule has 2 N–H and O–H groups in total. The standard InChI is InChI=1S/C17H16O5/c1-2-4-11-7-9-12(10-8-11)22-14-6-3-5-13(16(18)19)15(14)17(20)21/h3,5-10H,2,4H2,1H3,(H,18,19)(H,20,21). The van der Waals surface area contributed by atoms with Crippen molar-refractivity contribution >= 4 is 11.9 Å². The number of aryl methyl sites for hydroxylation is 1. The van der Waals surface area contributed by atoms with E-state index in [4.69, 9.17) is 9.84 Å². The Morgan fingerprint density at radius 1 is 1.00 bits per heavy atom. The van der Waals surface area contributed by atoms with Crippen LogP contribution in [0, 0.1) is 0 Å². The molecule has 0 saturated carbocycles. The lowest BCUT2D eigenvalue weighted by Crippen LogP contribution is -2.09. The summed E-state index contributed by atoms with van der Waals surface area (Å²) in [5.74, 6) is -2.17. The van der Waals surface area contributed by atoms with Gasteiger partial charge in [0.05, 0.1) is 5.56 Å². The van der Waals surface area contributed by atoms with Gasteiger partial charge in [0.25, 0.3) is 0 Å². The number of rotatable bonds is 6. The summed E-state index contributed by atoms with van der Waals surface area (Å²) in [7, 11) is 0. The molecule has 2 aromatic carbocycles. The fourth-order valence-electron chi connectivity index (χ4n) is 2.15. The number of hydrogen-bond acceptors (Lipinski definition) is 3. The van der Waals surface area contributed by atoms with Crippen LogP contribution in [-0.2, 0) is 6.42 Å². The van der Waals surface area contributed by atoms with Crippen LogP contribution in [0.15, 0.2) is 42.5 Å². The smallest absolute Gasteiger partial charge is 0.340 e. The lowest BCUT2D eigenvalue weighted by atomic mass is 10.1. The second-order valence-corrected chi connectivity index (χ2v) is 4.79. The summed E-state index contributed by atoms with van der Waals surface area (Å²) < 4.78 is 5.55. The van der Waals surface area contributed by atoms with Crippen molar-refractivity contribution in [3.8, 4) is 11.5 Å². The first-order chi connectivity index (χ1) is 10.5. The average molecular weight is 300 g/mol. The largest absolute Gasteiger partial charge is 0.478 e. The van der Waals surface area contributed by atoms with E-state index in [9.17, 15) is 14.7 Å². The first kappa shape index (κ1) is 15.6. The molecule has 0 radical (unpaired) electrons. The predicted molar refractivity (Wildman–Crippen MR) is 80.9 cm³/mol. The Morgan fingerprint density at radius 2 is 1.68 bits per heavy atom. The number of hydrogen-bond donors (Lipinski definition) is 2. The molecule has 0 fully saturated rings. The quantitative estimate of drug-likeness (QED) is 0.847. The molecule has 2 rings (SSSR count). The third kappa shape index (κ3) is 3.44. The summed E-state index contributed by atoms with van der Waals surface area (Å²) in [4.78, 5) is 22.5. The van der Waals surface area contributed by atoms with Crippen molar-refractivity contribution < 1.29 is 24.5 Å². The molecule has 114 valence electrons. The van der Waals surface area contributed by atoms with Crippen LogP contribution in [0.2, 0.25) is 0 Å². The molecule has 0 bridgehead atoms. The molecule has 5 heteroatoms. The Labute approximate surface area is 127 Å². The van der Waals surface area contributed by atoms with E-state index in [-0.39, 0.29) is 16.9 Å². The average Bonchev–Trinajstić information content (AvgIpc) is 2.49. The van der Waals surface area contributed by atoms with Crippen LogP contribution >= 0.6 is 0 Å². The monoisotopic (exact) mass is 300 g/mol. The minimum atomic E-state index is -1.34. The van der Waals surface area contributed by atoms with Crippen LogP contribution in [0.4, 0.5) is 0 Å². The Hall–Kier alpha value is -2.82. The van der Waals surface area contributed by atoms with Gasteiger partial charge in [0.1, 0.15) is 17.1 Å². The number of benzene rings is 2. The van der Waals surface area contributed by atoms with Crippen molar-refractivity contribution in [1.29, 1.82) is 0 Å². The molecule has 0 heterocycles. The minimum absolute atomic E-state index is 0.00985. The van der Waals surface area contributed by atoms with E-state index in [0.29, 0.717) is 5.75 Å². The van der Waals surface area contributed by atoms with Crippen molar-refractivity contribution in [3.05, 3.63) is 59.2 Å². The molecule has 0 amide bonds. The SMILES string of the molecule is CCCc1ccc(Oc2cccc(C(=O)O)c2C(=O)O)cc1. The third-order valence-corrected chi connectivity index (χ3v) is 3.16. The van der Waals surface area contributed by atoms with E-state index in [1.54, 1.807) is 12.1 Å². The molecule has 0 unspecified atom stereocenters. The Morgan fingerprint density at radius 3 is 2.23 bits per heavy atom. The van der Waals surface area contributed by atoms with Gasteiger partial charge in [-0.25, -0.2) is 9.59 Å². The molecule has 0 aliphatic carbocycles. The van der Waals surface area contributed by atoms with Crippen molar-refractivity contribution in [3.63, 3.8) is 0 Å². The van der Waals surface area contributed by atoms with Crippen LogP contribution in [0.5, 0.6) is 11.5 Å². The summed E-state index contributed by atoms with van der Waals surface area (Å²) in [6, 6.07) is 11.4. The van der Waals surface area contributed by atoms with E-state index < -0.39 is 11.9 Å². The fraction of sp³-hybridized carbons (Fsp3) is 0.176. The van der Waals surface area contributed by atoms with E-state index in [1.165, 1.54) is 18.2 Å². The van der Waals surface area contributed by atoms with Crippen molar-refractivity contribution in [1.82, 2.24) is 0 Å². The zero-order valence-corrected chi connectivity index (χ0v) is 12.1. The normalized spacial score (nSPS) is 10.2. The highest BCUT2D eigenvalue weighted by atomic mass is 16.5. The van der Waals surface area contributed by atoms with Gasteiger partial charge in [0.2, 0.25) is 0 Å². The molecule has 2 aromatic rings. The molecule has 0 aliphatic rings. The van der Waals surface area contributed by atoms with Crippen LogP contribution in [0.25, 0.3) is 0 Å². The van der Waals surface area contributed by atoms with E-state index in [1.807, 2.05) is 12.1 Å². The predicted octanol–water partition coefficient (Wildman–Crippen LogP) is 3.83. The highest BCUT2D eigenvalue weighted by Gasteiger charge is 2.21. The lowest BCUT2D eigenvalue weighted by Gasteiger charge is -2.11. The zero-order chi connectivity index (χ0) is 16.1. The van der Waals surface area contributed by atoms with Gasteiger partial charge in [0.15, 0.2) is 0 Å². The summed E-state index contributed by atoms with van der Waals surface area (Å²) in [6.07, 6.45) is 1.99. The van der Waals surface area contributed by atoms with Crippen LogP contribution in [0.1, 0.15) is 39.6 Å². The topological polar surface area (TPSA) is 83.8 Å².